The summed E-state index contributed by atoms with van der Waals surface area (Å²) in [5.74, 6) is -0.240. The molecule has 0 aromatic heterocycles. The monoisotopic (exact) mass is 974 g/mol. The summed E-state index contributed by atoms with van der Waals surface area (Å²) in [5, 5.41) is 54.1. The van der Waals surface area contributed by atoms with Gasteiger partial charge in [0, 0.05) is 12.8 Å². The van der Waals surface area contributed by atoms with E-state index in [9.17, 15) is 35.1 Å². The fourth-order valence-corrected chi connectivity index (χ4v) is 8.46. The molecular weight excluding hydrogens is 871 g/mol. The maximum Gasteiger partial charge on any atom is 0.305 e. The molecule has 6 N–H and O–H groups in total. The molecule has 0 aromatic carbocycles. The van der Waals surface area contributed by atoms with Crippen LogP contribution in [0, 0.1) is 0 Å². The first kappa shape index (κ1) is 64.4. The third-order valence-electron chi connectivity index (χ3n) is 13.0. The Bertz CT molecular complexity index is 1330. The van der Waals surface area contributed by atoms with Crippen LogP contribution in [0.4, 0.5) is 0 Å². The average Bonchev–Trinajstić information content (AvgIpc) is 3.34. The lowest BCUT2D eigenvalue weighted by Gasteiger charge is -2.40. The first-order chi connectivity index (χ1) is 33.7. The van der Waals surface area contributed by atoms with Crippen molar-refractivity contribution in [3.63, 3.8) is 0 Å². The molecule has 0 saturated carbocycles. The van der Waals surface area contributed by atoms with E-state index in [1.165, 1.54) is 109 Å². The van der Waals surface area contributed by atoms with E-state index in [2.05, 4.69) is 54.8 Å². The normalized spacial score (nSPS) is 19.8. The van der Waals surface area contributed by atoms with Gasteiger partial charge in [0.25, 0.3) is 0 Å². The lowest BCUT2D eigenvalue weighted by atomic mass is 9.99. The van der Waals surface area contributed by atoms with Gasteiger partial charge in [-0.1, -0.05) is 196 Å². The Morgan fingerprint density at radius 1 is 0.565 bits per heavy atom. The van der Waals surface area contributed by atoms with E-state index in [0.717, 1.165) is 89.9 Å². The Hall–Kier alpha value is -2.64. The molecule has 11 heteroatoms. The van der Waals surface area contributed by atoms with Crippen LogP contribution in [0.25, 0.3) is 0 Å². The van der Waals surface area contributed by atoms with Gasteiger partial charge in [-0.25, -0.2) is 0 Å². The Morgan fingerprint density at radius 2 is 1.04 bits per heavy atom. The molecular formula is C58H103NO10. The van der Waals surface area contributed by atoms with Crippen LogP contribution in [-0.4, -0.2) is 100 Å². The number of carbonyl (C=O) groups excluding carboxylic acids is 2. The molecule has 0 aliphatic carbocycles. The van der Waals surface area contributed by atoms with Crippen molar-refractivity contribution in [1.82, 2.24) is 5.32 Å². The molecule has 0 spiro atoms. The number of amides is 1. The summed E-state index contributed by atoms with van der Waals surface area (Å²) >= 11 is 0. The van der Waals surface area contributed by atoms with Crippen LogP contribution in [0.2, 0.25) is 0 Å². The van der Waals surface area contributed by atoms with Crippen molar-refractivity contribution in [2.45, 2.75) is 275 Å². The van der Waals surface area contributed by atoms with Gasteiger partial charge in [0.1, 0.15) is 24.4 Å². The fraction of sp³-hybridized carbons (Fsp3) is 0.793. The van der Waals surface area contributed by atoms with Gasteiger partial charge in [-0.2, -0.15) is 0 Å². The fourth-order valence-electron chi connectivity index (χ4n) is 8.46. The zero-order chi connectivity index (χ0) is 50.3. The Kier molecular flexibility index (Phi) is 44.5. The van der Waals surface area contributed by atoms with Crippen molar-refractivity contribution >= 4 is 11.9 Å². The number of ether oxygens (including phenoxy) is 3. The molecule has 1 aliphatic heterocycles. The number of allylic oxidation sites excluding steroid dienone is 9. The molecule has 1 saturated heterocycles. The number of hydrogen-bond acceptors (Lipinski definition) is 10. The molecule has 69 heavy (non-hydrogen) atoms. The van der Waals surface area contributed by atoms with Crippen molar-refractivity contribution in [2.24, 2.45) is 0 Å². The van der Waals surface area contributed by atoms with Crippen LogP contribution in [0.5, 0.6) is 0 Å². The second-order valence-electron chi connectivity index (χ2n) is 19.3. The average molecular weight is 974 g/mol. The predicted octanol–water partition coefficient (Wildman–Crippen LogP) is 12.3. The highest BCUT2D eigenvalue weighted by molar-refractivity contribution is 5.76. The summed E-state index contributed by atoms with van der Waals surface area (Å²) in [4.78, 5) is 25.0. The summed E-state index contributed by atoms with van der Waals surface area (Å²) in [6.07, 6.45) is 50.6. The molecule has 1 heterocycles. The standard InChI is InChI=1S/C58H103NO10/c1-3-5-7-9-11-13-14-22-26-30-34-38-42-46-54(63)67-47-43-39-35-31-27-24-21-19-17-15-16-18-20-23-25-29-33-37-41-45-53(62)59-50(51(61)44-40-36-32-28-12-10-8-6-4-2)49-68-58-57(66)56(65)55(64)52(48-60)69-58/h4,6,12,19,21,24,27-28,40,44,50-52,55-58,60-61,64-66H,3,5,7-11,13-18,20,22-23,25-26,29-39,41-43,45-49H2,1-2H3,(H,59,62)/b6-4+,21-19-,27-24-,28-12+,44-40+. The number of nitrogens with one attached hydrogen (secondary N) is 1. The van der Waals surface area contributed by atoms with Crippen molar-refractivity contribution in [1.29, 1.82) is 0 Å². The topological polar surface area (TPSA) is 175 Å². The predicted molar refractivity (Wildman–Crippen MR) is 283 cm³/mol. The van der Waals surface area contributed by atoms with Gasteiger partial charge in [0.15, 0.2) is 6.29 Å². The maximum atomic E-state index is 13.0. The van der Waals surface area contributed by atoms with Crippen LogP contribution < -0.4 is 5.32 Å². The lowest BCUT2D eigenvalue weighted by Crippen LogP contribution is -2.60. The first-order valence-electron chi connectivity index (χ1n) is 28.0. The number of carbonyl (C=O) groups is 2. The van der Waals surface area contributed by atoms with Crippen molar-refractivity contribution < 1.29 is 49.3 Å². The van der Waals surface area contributed by atoms with Crippen LogP contribution in [-0.2, 0) is 23.8 Å². The van der Waals surface area contributed by atoms with Gasteiger partial charge in [-0.05, 0) is 84.0 Å². The van der Waals surface area contributed by atoms with Gasteiger partial charge in [0.2, 0.25) is 5.91 Å². The molecule has 1 aliphatic rings. The highest BCUT2D eigenvalue weighted by atomic mass is 16.7. The minimum atomic E-state index is -1.58. The molecule has 7 atom stereocenters. The molecule has 7 unspecified atom stereocenters. The Balaban J connectivity index is 2.08. The second-order valence-corrected chi connectivity index (χ2v) is 19.3. The summed E-state index contributed by atoms with van der Waals surface area (Å²) in [7, 11) is 0. The van der Waals surface area contributed by atoms with Crippen LogP contribution in [0.1, 0.15) is 232 Å². The number of esters is 1. The van der Waals surface area contributed by atoms with E-state index in [4.69, 9.17) is 14.2 Å². The van der Waals surface area contributed by atoms with Crippen molar-refractivity contribution in [3.05, 3.63) is 60.8 Å². The summed E-state index contributed by atoms with van der Waals surface area (Å²) in [5.41, 5.74) is 0. The highest BCUT2D eigenvalue weighted by Gasteiger charge is 2.44. The molecule has 0 bridgehead atoms. The first-order valence-corrected chi connectivity index (χ1v) is 28.0. The molecule has 400 valence electrons. The third kappa shape index (κ3) is 37.8. The van der Waals surface area contributed by atoms with E-state index >= 15 is 0 Å². The lowest BCUT2D eigenvalue weighted by molar-refractivity contribution is -0.302. The summed E-state index contributed by atoms with van der Waals surface area (Å²) in [6, 6.07) is -0.842. The largest absolute Gasteiger partial charge is 0.466 e. The minimum absolute atomic E-state index is 0.0288. The van der Waals surface area contributed by atoms with Crippen molar-refractivity contribution in [3.8, 4) is 0 Å². The zero-order valence-electron chi connectivity index (χ0n) is 43.8. The van der Waals surface area contributed by atoms with Gasteiger partial charge in [0.05, 0.1) is 32.0 Å². The Labute approximate surface area is 420 Å². The molecule has 0 radical (unpaired) electrons. The van der Waals surface area contributed by atoms with E-state index in [0.29, 0.717) is 25.9 Å². The molecule has 1 rings (SSSR count). The van der Waals surface area contributed by atoms with E-state index in [1.807, 2.05) is 19.1 Å². The SMILES string of the molecule is C/C=C/CC/C=C/CC/C=C/C(O)C(COC1OC(CO)C(O)C(O)C1O)NC(=O)CCCCCCCCCCCC/C=C\C=C/CCCCCOC(=O)CCCCCCCCCCCCCCC. The quantitative estimate of drug-likeness (QED) is 0.0149. The Morgan fingerprint density at radius 3 is 1.58 bits per heavy atom. The maximum absolute atomic E-state index is 13.0. The molecule has 0 aromatic rings. The third-order valence-corrected chi connectivity index (χ3v) is 13.0. The van der Waals surface area contributed by atoms with Gasteiger partial charge in [-0.15, -0.1) is 0 Å². The summed E-state index contributed by atoms with van der Waals surface area (Å²) < 4.78 is 16.6. The number of aliphatic hydroxyl groups excluding tert-OH is 5. The number of rotatable bonds is 47. The van der Waals surface area contributed by atoms with E-state index in [1.54, 1.807) is 6.08 Å². The summed E-state index contributed by atoms with van der Waals surface area (Å²) in [6.45, 7) is 4.03. The molecule has 1 fully saturated rings. The van der Waals surface area contributed by atoms with E-state index < -0.39 is 49.5 Å². The number of hydrogen-bond donors (Lipinski definition) is 6. The van der Waals surface area contributed by atoms with Gasteiger partial charge < -0.3 is 45.1 Å². The van der Waals surface area contributed by atoms with Crippen LogP contribution >= 0.6 is 0 Å². The molecule has 1 amide bonds. The molecule has 11 nitrogen and oxygen atoms in total. The van der Waals surface area contributed by atoms with Gasteiger partial charge >= 0.3 is 5.97 Å². The van der Waals surface area contributed by atoms with Crippen molar-refractivity contribution in [2.75, 3.05) is 19.8 Å². The van der Waals surface area contributed by atoms with Crippen LogP contribution in [0.15, 0.2) is 60.8 Å². The van der Waals surface area contributed by atoms with Gasteiger partial charge in [-0.3, -0.25) is 9.59 Å². The van der Waals surface area contributed by atoms with Crippen LogP contribution in [0.3, 0.4) is 0 Å². The zero-order valence-corrected chi connectivity index (χ0v) is 43.8. The number of aliphatic hydroxyl groups is 5. The number of unbranched alkanes of at least 4 members (excludes halogenated alkanes) is 27. The van der Waals surface area contributed by atoms with E-state index in [-0.39, 0.29) is 18.5 Å². The highest BCUT2D eigenvalue weighted by Crippen LogP contribution is 2.23. The minimum Gasteiger partial charge on any atom is -0.466 e. The second kappa shape index (κ2) is 47.7. The smallest absolute Gasteiger partial charge is 0.305 e.